The van der Waals surface area contributed by atoms with E-state index >= 15 is 0 Å². The van der Waals surface area contributed by atoms with E-state index in [2.05, 4.69) is 94.5 Å². The van der Waals surface area contributed by atoms with Crippen LogP contribution >= 0.6 is 0 Å². The fourth-order valence-electron chi connectivity index (χ4n) is 4.38. The fraction of sp³-hybridized carbons (Fsp3) is 0. The molecular weight excluding hydrogens is 378 g/mol. The highest BCUT2D eigenvalue weighted by atomic mass is 15.0. The lowest BCUT2D eigenvalue weighted by Gasteiger charge is -2.12. The average Bonchev–Trinajstić information content (AvgIpc) is 3.19. The van der Waals surface area contributed by atoms with E-state index in [0.29, 0.717) is 0 Å². The molecule has 0 fully saturated rings. The van der Waals surface area contributed by atoms with Gasteiger partial charge in [0.05, 0.1) is 16.7 Å². The second kappa shape index (κ2) is 7.22. The highest BCUT2D eigenvalue weighted by Crippen LogP contribution is 2.34. The van der Waals surface area contributed by atoms with Crippen LogP contribution in [0.25, 0.3) is 49.9 Å². The van der Waals surface area contributed by atoms with Crippen LogP contribution in [0.5, 0.6) is 0 Å². The van der Waals surface area contributed by atoms with E-state index < -0.39 is 0 Å². The summed E-state index contributed by atoms with van der Waals surface area (Å²) < 4.78 is 2.33. The second-order valence-corrected chi connectivity index (χ2v) is 7.56. The Balaban J connectivity index is 1.59. The molecule has 0 saturated heterocycles. The van der Waals surface area contributed by atoms with Gasteiger partial charge in [-0.1, -0.05) is 60.7 Å². The quantitative estimate of drug-likeness (QED) is 0.325. The topological polar surface area (TPSA) is 30.7 Å². The van der Waals surface area contributed by atoms with Crippen molar-refractivity contribution in [1.29, 1.82) is 0 Å². The Morgan fingerprint density at radius 2 is 1.29 bits per heavy atom. The molecule has 0 saturated carbocycles. The molecule has 31 heavy (non-hydrogen) atoms. The minimum Gasteiger partial charge on any atom is -0.309 e. The zero-order valence-corrected chi connectivity index (χ0v) is 16.8. The summed E-state index contributed by atoms with van der Waals surface area (Å²) in [6, 6.07) is 33.9. The van der Waals surface area contributed by atoms with Crippen molar-refractivity contribution < 1.29 is 0 Å². The zero-order valence-electron chi connectivity index (χ0n) is 16.8. The Hall–Kier alpha value is -4.24. The highest BCUT2D eigenvalue weighted by Gasteiger charge is 2.13. The van der Waals surface area contributed by atoms with Crippen LogP contribution in [0.15, 0.2) is 116 Å². The Morgan fingerprint density at radius 1 is 0.581 bits per heavy atom. The van der Waals surface area contributed by atoms with Gasteiger partial charge in [-0.15, -0.1) is 0 Å². The molecule has 3 heteroatoms. The van der Waals surface area contributed by atoms with E-state index in [-0.39, 0.29) is 0 Å². The molecule has 146 valence electrons. The van der Waals surface area contributed by atoms with Crippen molar-refractivity contribution >= 4 is 21.8 Å². The van der Waals surface area contributed by atoms with Gasteiger partial charge in [-0.25, -0.2) is 0 Å². The number of hydrogen-bond acceptors (Lipinski definition) is 2. The summed E-state index contributed by atoms with van der Waals surface area (Å²) in [6.45, 7) is 0. The molecule has 0 N–H and O–H groups in total. The van der Waals surface area contributed by atoms with Gasteiger partial charge in [0, 0.05) is 51.7 Å². The first kappa shape index (κ1) is 17.6. The van der Waals surface area contributed by atoms with E-state index in [1.807, 2.05) is 24.5 Å². The first-order valence-corrected chi connectivity index (χ1v) is 10.3. The molecule has 6 rings (SSSR count). The number of aromatic nitrogens is 3. The van der Waals surface area contributed by atoms with Gasteiger partial charge in [0.2, 0.25) is 0 Å². The maximum absolute atomic E-state index is 4.74. The van der Waals surface area contributed by atoms with Gasteiger partial charge in [-0.05, 0) is 36.4 Å². The third-order valence-corrected chi connectivity index (χ3v) is 5.74. The number of pyridine rings is 2. The predicted octanol–water partition coefficient (Wildman–Crippen LogP) is 6.91. The molecule has 0 atom stereocenters. The van der Waals surface area contributed by atoms with Crippen molar-refractivity contribution in [3.63, 3.8) is 0 Å². The monoisotopic (exact) mass is 397 g/mol. The molecule has 0 amide bonds. The van der Waals surface area contributed by atoms with Crippen molar-refractivity contribution in [1.82, 2.24) is 14.5 Å². The van der Waals surface area contributed by atoms with Crippen molar-refractivity contribution in [3.05, 3.63) is 116 Å². The van der Waals surface area contributed by atoms with Gasteiger partial charge in [0.1, 0.15) is 0 Å². The van der Waals surface area contributed by atoms with Crippen LogP contribution in [0.2, 0.25) is 0 Å². The van der Waals surface area contributed by atoms with Gasteiger partial charge in [0.25, 0.3) is 0 Å². The number of benzene rings is 3. The normalized spacial score (nSPS) is 11.2. The first-order chi connectivity index (χ1) is 15.4. The minimum absolute atomic E-state index is 0.957. The SMILES string of the molecule is c1cncc(-c2cccnc2-c2cccc(-n3c4ccccc4c4ccccc43)c2)c1. The molecule has 0 unspecified atom stereocenters. The molecule has 3 nitrogen and oxygen atoms in total. The van der Waals surface area contributed by atoms with E-state index in [9.17, 15) is 0 Å². The molecule has 0 aliphatic rings. The second-order valence-electron chi connectivity index (χ2n) is 7.56. The first-order valence-electron chi connectivity index (χ1n) is 10.3. The van der Waals surface area contributed by atoms with Crippen molar-refractivity contribution in [2.75, 3.05) is 0 Å². The molecule has 0 spiro atoms. The Bertz CT molecular complexity index is 1480. The summed E-state index contributed by atoms with van der Waals surface area (Å²) in [5.74, 6) is 0. The molecule has 0 aliphatic carbocycles. The summed E-state index contributed by atoms with van der Waals surface area (Å²) in [5.41, 5.74) is 7.71. The van der Waals surface area contributed by atoms with Crippen molar-refractivity contribution in [2.45, 2.75) is 0 Å². The van der Waals surface area contributed by atoms with E-state index in [0.717, 1.165) is 28.1 Å². The van der Waals surface area contributed by atoms with Gasteiger partial charge >= 0.3 is 0 Å². The predicted molar refractivity (Wildman–Crippen MR) is 127 cm³/mol. The lowest BCUT2D eigenvalue weighted by Crippen LogP contribution is -1.95. The van der Waals surface area contributed by atoms with Gasteiger partial charge in [-0.3, -0.25) is 9.97 Å². The van der Waals surface area contributed by atoms with Crippen molar-refractivity contribution in [2.24, 2.45) is 0 Å². The number of rotatable bonds is 3. The largest absolute Gasteiger partial charge is 0.309 e. The van der Waals surface area contributed by atoms with Crippen LogP contribution in [0.4, 0.5) is 0 Å². The number of nitrogens with zero attached hydrogens (tertiary/aromatic N) is 3. The molecule has 3 heterocycles. The summed E-state index contributed by atoms with van der Waals surface area (Å²) in [6.07, 6.45) is 5.53. The summed E-state index contributed by atoms with van der Waals surface area (Å²) in [4.78, 5) is 9.03. The van der Waals surface area contributed by atoms with Crippen LogP contribution in [0.3, 0.4) is 0 Å². The van der Waals surface area contributed by atoms with Crippen LogP contribution in [0, 0.1) is 0 Å². The lowest BCUT2D eigenvalue weighted by atomic mass is 10.0. The lowest BCUT2D eigenvalue weighted by molar-refractivity contribution is 1.18. The smallest absolute Gasteiger partial charge is 0.0781 e. The molecule has 0 radical (unpaired) electrons. The number of hydrogen-bond donors (Lipinski definition) is 0. The highest BCUT2D eigenvalue weighted by molar-refractivity contribution is 6.09. The van der Waals surface area contributed by atoms with Crippen molar-refractivity contribution in [3.8, 4) is 28.1 Å². The zero-order chi connectivity index (χ0) is 20.6. The van der Waals surface area contributed by atoms with Crippen LogP contribution < -0.4 is 0 Å². The van der Waals surface area contributed by atoms with Gasteiger partial charge in [-0.2, -0.15) is 0 Å². The third kappa shape index (κ3) is 2.90. The van der Waals surface area contributed by atoms with E-state index in [1.165, 1.54) is 21.8 Å². The van der Waals surface area contributed by atoms with Gasteiger partial charge < -0.3 is 4.57 Å². The molecule has 6 aromatic rings. The summed E-state index contributed by atoms with van der Waals surface area (Å²) in [7, 11) is 0. The fourth-order valence-corrected chi connectivity index (χ4v) is 4.38. The molecule has 3 aromatic heterocycles. The maximum Gasteiger partial charge on any atom is 0.0781 e. The van der Waals surface area contributed by atoms with E-state index in [1.54, 1.807) is 6.20 Å². The Kier molecular flexibility index (Phi) is 4.10. The minimum atomic E-state index is 0.957. The Labute approximate surface area is 180 Å². The molecule has 3 aromatic carbocycles. The molecule has 0 aliphatic heterocycles. The van der Waals surface area contributed by atoms with Crippen LogP contribution in [-0.2, 0) is 0 Å². The summed E-state index contributed by atoms with van der Waals surface area (Å²) >= 11 is 0. The average molecular weight is 397 g/mol. The maximum atomic E-state index is 4.74. The number of para-hydroxylation sites is 2. The standard InChI is InChI=1S/C28H19N3/c1-3-14-26-24(11-1)25-12-2-4-15-27(25)31(26)22-10-5-8-20(18-22)28-23(13-7-17-30-28)21-9-6-16-29-19-21/h1-19H. The Morgan fingerprint density at radius 3 is 2.03 bits per heavy atom. The summed E-state index contributed by atoms with van der Waals surface area (Å²) in [5, 5.41) is 2.52. The van der Waals surface area contributed by atoms with E-state index in [4.69, 9.17) is 4.98 Å². The molecular formula is C28H19N3. The van der Waals surface area contributed by atoms with Crippen LogP contribution in [-0.4, -0.2) is 14.5 Å². The van der Waals surface area contributed by atoms with Gasteiger partial charge in [0.15, 0.2) is 0 Å². The third-order valence-electron chi connectivity index (χ3n) is 5.74. The number of fused-ring (bicyclic) bond motifs is 3. The molecule has 0 bridgehead atoms. The van der Waals surface area contributed by atoms with Crippen LogP contribution in [0.1, 0.15) is 0 Å².